The van der Waals surface area contributed by atoms with E-state index in [-0.39, 0.29) is 5.91 Å². The van der Waals surface area contributed by atoms with E-state index < -0.39 is 0 Å². The van der Waals surface area contributed by atoms with E-state index in [2.05, 4.69) is 15.7 Å². The van der Waals surface area contributed by atoms with Gasteiger partial charge in [0, 0.05) is 31.6 Å². The summed E-state index contributed by atoms with van der Waals surface area (Å²) in [6.07, 6.45) is 2.30. The van der Waals surface area contributed by atoms with Crippen LogP contribution >= 0.6 is 0 Å². The Hall–Kier alpha value is -1.66. The highest BCUT2D eigenvalue weighted by molar-refractivity contribution is 5.99. The summed E-state index contributed by atoms with van der Waals surface area (Å²) in [6, 6.07) is 1.73. The molecule has 100 valence electrons. The van der Waals surface area contributed by atoms with E-state index in [0.29, 0.717) is 31.0 Å². The molecular formula is C12H20N4O2. The summed E-state index contributed by atoms with van der Waals surface area (Å²) in [6.45, 7) is 5.68. The van der Waals surface area contributed by atoms with Crippen molar-refractivity contribution in [3.63, 3.8) is 0 Å². The number of aromatic nitrogens is 1. The molecule has 6 heteroatoms. The summed E-state index contributed by atoms with van der Waals surface area (Å²) >= 11 is 0. The fraction of sp³-hybridized carbons (Fsp3) is 0.500. The molecule has 0 unspecified atom stereocenters. The van der Waals surface area contributed by atoms with Gasteiger partial charge in [-0.15, -0.1) is 0 Å². The number of nitrogens with one attached hydrogen (secondary N) is 2. The molecule has 0 bridgehead atoms. The third-order valence-corrected chi connectivity index (χ3v) is 2.40. The largest absolute Gasteiger partial charge is 0.382 e. The molecule has 1 heterocycles. The van der Waals surface area contributed by atoms with Crippen LogP contribution in [0.3, 0.4) is 0 Å². The second kappa shape index (κ2) is 7.62. The SMILES string of the molecule is CCOCCCNC(=O)c1cnc(C)cc1NN. The van der Waals surface area contributed by atoms with E-state index in [1.54, 1.807) is 6.07 Å². The van der Waals surface area contributed by atoms with Gasteiger partial charge < -0.3 is 15.5 Å². The molecule has 0 fully saturated rings. The van der Waals surface area contributed by atoms with Crippen molar-refractivity contribution in [1.82, 2.24) is 10.3 Å². The van der Waals surface area contributed by atoms with Gasteiger partial charge in [-0.25, -0.2) is 0 Å². The van der Waals surface area contributed by atoms with Crippen molar-refractivity contribution in [3.8, 4) is 0 Å². The van der Waals surface area contributed by atoms with Crippen LogP contribution in [0.2, 0.25) is 0 Å². The van der Waals surface area contributed by atoms with Crippen LogP contribution in [0.1, 0.15) is 29.4 Å². The lowest BCUT2D eigenvalue weighted by atomic mass is 10.2. The summed E-state index contributed by atoms with van der Waals surface area (Å²) in [7, 11) is 0. The second-order valence-electron chi connectivity index (χ2n) is 3.82. The maximum Gasteiger partial charge on any atom is 0.255 e. The lowest BCUT2D eigenvalue weighted by molar-refractivity contribution is 0.0944. The number of anilines is 1. The Morgan fingerprint density at radius 1 is 1.56 bits per heavy atom. The first-order valence-electron chi connectivity index (χ1n) is 5.98. The number of nitrogen functional groups attached to an aromatic ring is 1. The van der Waals surface area contributed by atoms with E-state index in [9.17, 15) is 4.79 Å². The Bertz CT molecular complexity index is 396. The number of carbonyl (C=O) groups is 1. The number of nitrogens with zero attached hydrogens (tertiary/aromatic N) is 1. The van der Waals surface area contributed by atoms with Gasteiger partial charge in [0.25, 0.3) is 5.91 Å². The van der Waals surface area contributed by atoms with Crippen LogP contribution in [0.15, 0.2) is 12.3 Å². The van der Waals surface area contributed by atoms with Gasteiger partial charge in [-0.05, 0) is 26.3 Å². The van der Waals surface area contributed by atoms with Gasteiger partial charge in [0.2, 0.25) is 0 Å². The minimum absolute atomic E-state index is 0.188. The maximum atomic E-state index is 11.9. The van der Waals surface area contributed by atoms with Crippen LogP contribution in [0.5, 0.6) is 0 Å². The molecule has 18 heavy (non-hydrogen) atoms. The molecule has 4 N–H and O–H groups in total. The molecule has 6 nitrogen and oxygen atoms in total. The van der Waals surface area contributed by atoms with Gasteiger partial charge in [-0.2, -0.15) is 0 Å². The standard InChI is InChI=1S/C12H20N4O2/c1-3-18-6-4-5-14-12(17)10-8-15-9(2)7-11(10)16-13/h7-8H,3-6,13H2,1-2H3,(H,14,17)(H,15,16). The highest BCUT2D eigenvalue weighted by Gasteiger charge is 2.11. The Balaban J connectivity index is 2.51. The Morgan fingerprint density at radius 3 is 3.00 bits per heavy atom. The van der Waals surface area contributed by atoms with Crippen molar-refractivity contribution >= 4 is 11.6 Å². The number of aryl methyl sites for hydroxylation is 1. The van der Waals surface area contributed by atoms with Crippen LogP contribution < -0.4 is 16.6 Å². The van der Waals surface area contributed by atoms with Crippen molar-refractivity contribution in [2.45, 2.75) is 20.3 Å². The number of rotatable bonds is 7. The Morgan fingerprint density at radius 2 is 2.33 bits per heavy atom. The number of ether oxygens (including phenoxy) is 1. The summed E-state index contributed by atoms with van der Waals surface area (Å²) in [5.41, 5.74) is 4.32. The molecule has 0 radical (unpaired) electrons. The molecule has 0 saturated heterocycles. The summed E-state index contributed by atoms with van der Waals surface area (Å²) < 4.78 is 5.19. The zero-order valence-electron chi connectivity index (χ0n) is 10.8. The molecule has 0 aliphatic carbocycles. The van der Waals surface area contributed by atoms with Gasteiger partial charge in [0.1, 0.15) is 0 Å². The van der Waals surface area contributed by atoms with Crippen LogP contribution in [0, 0.1) is 6.92 Å². The predicted octanol–water partition coefficient (Wildman–Crippen LogP) is 0.832. The average Bonchev–Trinajstić information content (AvgIpc) is 2.38. The molecule has 1 rings (SSSR count). The fourth-order valence-electron chi connectivity index (χ4n) is 1.48. The minimum Gasteiger partial charge on any atom is -0.382 e. The number of hydrogen-bond donors (Lipinski definition) is 3. The van der Waals surface area contributed by atoms with Gasteiger partial charge in [-0.1, -0.05) is 0 Å². The van der Waals surface area contributed by atoms with Crippen LogP contribution in [-0.2, 0) is 4.74 Å². The molecule has 0 saturated carbocycles. The normalized spacial score (nSPS) is 10.2. The zero-order valence-corrected chi connectivity index (χ0v) is 10.8. The van der Waals surface area contributed by atoms with E-state index >= 15 is 0 Å². The fourth-order valence-corrected chi connectivity index (χ4v) is 1.48. The number of hydrogen-bond acceptors (Lipinski definition) is 5. The van der Waals surface area contributed by atoms with E-state index in [1.165, 1.54) is 6.20 Å². The maximum absolute atomic E-state index is 11.9. The Labute approximate surface area is 107 Å². The minimum atomic E-state index is -0.188. The molecular weight excluding hydrogens is 232 g/mol. The van der Waals surface area contributed by atoms with Gasteiger partial charge in [0.15, 0.2) is 0 Å². The van der Waals surface area contributed by atoms with Crippen molar-refractivity contribution in [3.05, 3.63) is 23.5 Å². The third-order valence-electron chi connectivity index (χ3n) is 2.40. The number of hydrazine groups is 1. The van der Waals surface area contributed by atoms with Crippen LogP contribution in [0.25, 0.3) is 0 Å². The second-order valence-corrected chi connectivity index (χ2v) is 3.82. The van der Waals surface area contributed by atoms with Crippen molar-refractivity contribution < 1.29 is 9.53 Å². The molecule has 1 aromatic rings. The molecule has 1 aromatic heterocycles. The van der Waals surface area contributed by atoms with E-state index in [0.717, 1.165) is 12.1 Å². The summed E-state index contributed by atoms with van der Waals surface area (Å²) in [4.78, 5) is 16.0. The summed E-state index contributed by atoms with van der Waals surface area (Å²) in [5, 5.41) is 2.80. The van der Waals surface area contributed by atoms with Crippen LogP contribution in [-0.4, -0.2) is 30.6 Å². The van der Waals surface area contributed by atoms with Crippen molar-refractivity contribution in [2.75, 3.05) is 25.2 Å². The Kier molecular flexibility index (Phi) is 6.10. The number of amides is 1. The zero-order chi connectivity index (χ0) is 13.4. The molecule has 1 amide bonds. The first kappa shape index (κ1) is 14.4. The molecule has 0 atom stereocenters. The number of carbonyl (C=O) groups excluding carboxylic acids is 1. The number of pyridine rings is 1. The molecule has 0 aliphatic rings. The highest BCUT2D eigenvalue weighted by atomic mass is 16.5. The third kappa shape index (κ3) is 4.31. The quantitative estimate of drug-likeness (QED) is 0.380. The first-order chi connectivity index (χ1) is 8.69. The van der Waals surface area contributed by atoms with Crippen molar-refractivity contribution in [2.24, 2.45) is 5.84 Å². The number of nitrogens with two attached hydrogens (primary N) is 1. The lowest BCUT2D eigenvalue weighted by Gasteiger charge is -2.10. The lowest BCUT2D eigenvalue weighted by Crippen LogP contribution is -2.27. The van der Waals surface area contributed by atoms with Gasteiger partial charge in [-0.3, -0.25) is 15.6 Å². The van der Waals surface area contributed by atoms with Crippen LogP contribution in [0.4, 0.5) is 5.69 Å². The van der Waals surface area contributed by atoms with Crippen molar-refractivity contribution in [1.29, 1.82) is 0 Å². The monoisotopic (exact) mass is 252 g/mol. The van der Waals surface area contributed by atoms with E-state index in [1.807, 2.05) is 13.8 Å². The van der Waals surface area contributed by atoms with Gasteiger partial charge >= 0.3 is 0 Å². The topological polar surface area (TPSA) is 89.3 Å². The first-order valence-corrected chi connectivity index (χ1v) is 5.98. The van der Waals surface area contributed by atoms with E-state index in [4.69, 9.17) is 10.6 Å². The molecule has 0 aliphatic heterocycles. The highest BCUT2D eigenvalue weighted by Crippen LogP contribution is 2.13. The average molecular weight is 252 g/mol. The molecule has 0 spiro atoms. The smallest absolute Gasteiger partial charge is 0.255 e. The van der Waals surface area contributed by atoms with Gasteiger partial charge in [0.05, 0.1) is 11.3 Å². The molecule has 0 aromatic carbocycles. The summed E-state index contributed by atoms with van der Waals surface area (Å²) in [5.74, 6) is 5.19. The predicted molar refractivity (Wildman–Crippen MR) is 70.2 cm³/mol.